The third-order valence-corrected chi connectivity index (χ3v) is 26.5. The fourth-order valence-electron chi connectivity index (χ4n) is 18.8. The Bertz CT molecular complexity index is 4140. The highest BCUT2D eigenvalue weighted by Crippen LogP contribution is 2.45. The normalized spacial score (nSPS) is 47.5. The first-order valence-corrected chi connectivity index (χ1v) is 45.9. The van der Waals surface area contributed by atoms with E-state index in [-0.39, 0.29) is 0 Å². The summed E-state index contributed by atoms with van der Waals surface area (Å²) in [6.07, 6.45) is -120. The van der Waals surface area contributed by atoms with E-state index in [1.165, 1.54) is 0 Å². The molecule has 11 rings (SSSR count). The molecule has 11 aliphatic heterocycles. The largest absolute Gasteiger partial charge is 0.477 e. The van der Waals surface area contributed by atoms with Gasteiger partial charge in [-0.05, 0) is 0 Å². The van der Waals surface area contributed by atoms with E-state index in [9.17, 15) is 207 Å². The SMILES string of the molecule is CC(=O)N[C@H]1[C@H](O[C@H]2[C@H](O)[C@@H](NC(C)=O)C(O)O[C@@H]2CO)O[C@H](CO)[C@@H](O[C@@H]2O[C@H](CO[C@H]3O[C@H](CO)[C@@H](O)[C@H](O)[C@@H]3O[C@@H]3O[C@H](CO)[C@@H](O[C@@H]4O[C@H](CO)[C@H](O)[C@H](O[C@]5(C(=O)O)C[C@H](O)[C@@H](O)[C@H]([C@H](O)[C@H](O)CO)O5)[C@H]4O)[C@H](O)[C@H]3NC(C)=O)[C@@H](O)[C@H](O[C@H]3O[C@H](CO)[C@@H](O)[C@H](O)[C@@H]3O[C@@H]3O[C@H](CO)[C@@H](O[C@@H]4O[C@H](CO)[C@H](O)[C@H](O[C@]5(C(=O)O)C[C@H](O)[C@@H](O)[C@H]([C@H](O)[C@H](O)CO)O5)[C@H]4O)[C@H](O)[C@H]3NC(C)=O)[C@@H]2O)[C@@H]1O. The highest BCUT2D eigenvalue weighted by Gasteiger charge is 2.66. The molecule has 57 atom stereocenters. The van der Waals surface area contributed by atoms with E-state index in [1.807, 2.05) is 0 Å². The molecule has 39 N–H and O–H groups in total. The van der Waals surface area contributed by atoms with Gasteiger partial charge in [0.1, 0.15) is 268 Å². The molecule has 0 saturated carbocycles. The summed E-state index contributed by atoms with van der Waals surface area (Å²) in [5, 5.41) is 401. The molecule has 4 amide bonds. The van der Waals surface area contributed by atoms with E-state index in [4.69, 9.17) is 99.5 Å². The lowest BCUT2D eigenvalue weighted by atomic mass is 9.90. The van der Waals surface area contributed by atoms with E-state index >= 15 is 0 Å². The summed E-state index contributed by atoms with van der Waals surface area (Å²) in [7, 11) is 0. The molecule has 66 nitrogen and oxygen atoms in total. The van der Waals surface area contributed by atoms with Gasteiger partial charge in [-0.15, -0.1) is 0 Å². The van der Waals surface area contributed by atoms with Crippen molar-refractivity contribution < 1.29 is 307 Å². The van der Waals surface area contributed by atoms with Crippen LogP contribution >= 0.6 is 0 Å². The van der Waals surface area contributed by atoms with Crippen LogP contribution in [0.3, 0.4) is 0 Å². The molecule has 0 aromatic rings. The maximum Gasteiger partial charge on any atom is 0.364 e. The third kappa shape index (κ3) is 26.0. The fraction of sp³-hybridized carbons (Fsp3) is 0.925. The van der Waals surface area contributed by atoms with E-state index in [1.54, 1.807) is 0 Å². The molecule has 146 heavy (non-hydrogen) atoms. The van der Waals surface area contributed by atoms with Crippen molar-refractivity contribution in [1.82, 2.24) is 21.3 Å². The average Bonchev–Trinajstić information content (AvgIpc) is 0.753. The van der Waals surface area contributed by atoms with Gasteiger partial charge in [0.15, 0.2) is 56.6 Å². The molecule has 0 radical (unpaired) electrons. The molecule has 66 heteroatoms. The van der Waals surface area contributed by atoms with Gasteiger partial charge in [-0.2, -0.15) is 0 Å². The summed E-state index contributed by atoms with van der Waals surface area (Å²) < 4.78 is 124. The highest BCUT2D eigenvalue weighted by atomic mass is 16.8. The summed E-state index contributed by atoms with van der Waals surface area (Å²) in [6.45, 7) is -10.4. The van der Waals surface area contributed by atoms with E-state index in [0.717, 1.165) is 27.7 Å². The molecular weight excluding hydrogens is 2010 g/mol. The van der Waals surface area contributed by atoms with Gasteiger partial charge in [-0.1, -0.05) is 0 Å². The van der Waals surface area contributed by atoms with Crippen LogP contribution in [-0.2, 0) is 128 Å². The Morgan fingerprint density at radius 1 is 0.281 bits per heavy atom. The number of carbonyl (C=O) groups is 6. The number of rotatable bonds is 41. The van der Waals surface area contributed by atoms with E-state index < -0.39 is 470 Å². The Kier molecular flexibility index (Phi) is 42.9. The molecule has 1 unspecified atom stereocenters. The molecule has 0 aromatic heterocycles. The predicted molar refractivity (Wildman–Crippen MR) is 443 cm³/mol. The molecule has 11 aliphatic rings. The van der Waals surface area contributed by atoms with E-state index in [2.05, 4.69) is 21.3 Å². The van der Waals surface area contributed by atoms with Gasteiger partial charge in [0.2, 0.25) is 23.6 Å². The van der Waals surface area contributed by atoms with Crippen molar-refractivity contribution in [2.75, 3.05) is 72.7 Å². The number of hydrogen-bond acceptors (Lipinski definition) is 60. The van der Waals surface area contributed by atoms with Gasteiger partial charge in [0, 0.05) is 40.5 Å². The molecule has 11 fully saturated rings. The van der Waals surface area contributed by atoms with Gasteiger partial charge in [-0.25, -0.2) is 9.59 Å². The van der Waals surface area contributed by atoms with Crippen LogP contribution in [0.4, 0.5) is 0 Å². The minimum Gasteiger partial charge on any atom is -0.477 e. The number of nitrogens with one attached hydrogen (secondary N) is 4. The van der Waals surface area contributed by atoms with E-state index in [0.29, 0.717) is 0 Å². The number of aliphatic hydroxyl groups is 33. The van der Waals surface area contributed by atoms with Crippen LogP contribution in [-0.4, -0.2) is 636 Å². The standard InChI is InChI=1S/C80H132N4O62/c1-18(95)81-35-48(112)57(30(13-91)127-68(35)121)136-69-36(82-19(2)96)49(113)58(31(14-92)132-69)137-72-54(118)61(140-76-67(53(117)44(108)27(10-88)131-76)142-71-38(84-21(4)98)51(115)60(33(16-94)134-71)139-74-56(120)65(46(110)29(12-90)129-74)146-80(78(124)125)6-23(100)40(104)63(144-80)42(106)25(102)8-86)47(111)34(135-72)17-126-75-66(52(116)43(107)26(9-87)130-75)141-70-37(83-20(3)97)50(114)59(32(15-93)133-70)138-73-55(119)64(45(109)28(11-89)128-73)145-79(77(122)123)5-22(99)39(103)62(143-79)41(105)24(101)7-85/h22-76,85-94,99-121H,5-17H2,1-4H3,(H,81,95)(H,82,96)(H,83,97)(H,84,98)(H,122,123)(H,124,125)/t22-,23-,24+,25+,26+,27+,28+,29+,30+,31+,32+,33+,34+,35+,36+,37+,38+,39+,40+,41+,42+,43+,44+,45-,46-,47+,48+,49+,50+,51+,52-,53-,54-,55+,56+,57+,58+,59+,60+,61-,62+,63+,64-,65-,66-,67-,68?,69-,70-,71-,72-,73-,74-,75-,76+,79-,80-/m0/s1. The van der Waals surface area contributed by atoms with Crippen LogP contribution in [0, 0.1) is 0 Å². The zero-order valence-electron chi connectivity index (χ0n) is 77.6. The number of carbonyl (C=O) groups excluding carboxylic acids is 4. The molecule has 0 spiro atoms. The first-order chi connectivity index (χ1) is 68.8. The Hall–Kier alpha value is -5.34. The number of amides is 4. The first-order valence-electron chi connectivity index (χ1n) is 45.9. The van der Waals surface area contributed by atoms with Crippen molar-refractivity contribution in [1.29, 1.82) is 0 Å². The van der Waals surface area contributed by atoms with Crippen LogP contribution in [0.15, 0.2) is 0 Å². The minimum absolute atomic E-state index is 0.827. The summed E-state index contributed by atoms with van der Waals surface area (Å²) in [5.41, 5.74) is 0. The lowest BCUT2D eigenvalue weighted by Gasteiger charge is -2.51. The van der Waals surface area contributed by atoms with Gasteiger partial charge in [-0.3, -0.25) is 19.2 Å². The monoisotopic (exact) mass is 2140 g/mol. The van der Waals surface area contributed by atoms with Crippen molar-refractivity contribution >= 4 is 35.6 Å². The minimum atomic E-state index is -3.36. The van der Waals surface area contributed by atoms with Gasteiger partial charge < -0.3 is 299 Å². The average molecular weight is 2140 g/mol. The van der Waals surface area contributed by atoms with Crippen molar-refractivity contribution in [2.45, 2.75) is 389 Å². The van der Waals surface area contributed by atoms with Crippen LogP contribution in [0.2, 0.25) is 0 Å². The second-order valence-corrected chi connectivity index (χ2v) is 36.6. The molecule has 844 valence electrons. The van der Waals surface area contributed by atoms with Crippen molar-refractivity contribution in [3.05, 3.63) is 0 Å². The summed E-state index contributed by atoms with van der Waals surface area (Å²) in [5.74, 6) is -15.1. The number of aliphatic carboxylic acids is 2. The number of ether oxygens (including phenoxy) is 21. The highest BCUT2D eigenvalue weighted by molar-refractivity contribution is 5.77. The zero-order valence-corrected chi connectivity index (χ0v) is 77.6. The number of hydrogen-bond donors (Lipinski definition) is 39. The molecule has 0 aliphatic carbocycles. The lowest BCUT2D eigenvalue weighted by Crippen LogP contribution is -2.71. The molecule has 0 bridgehead atoms. The number of carboxylic acids is 2. The Labute approximate surface area is 823 Å². The Morgan fingerprint density at radius 2 is 0.541 bits per heavy atom. The maximum absolute atomic E-state index is 13.3. The topological polar surface area (TPSA) is 1050 Å². The van der Waals surface area contributed by atoms with Gasteiger partial charge in [0.25, 0.3) is 11.6 Å². The van der Waals surface area contributed by atoms with Crippen LogP contribution in [0.25, 0.3) is 0 Å². The van der Waals surface area contributed by atoms with Gasteiger partial charge in [0.05, 0.1) is 84.9 Å². The van der Waals surface area contributed by atoms with Crippen molar-refractivity contribution in [3.8, 4) is 0 Å². The summed E-state index contributed by atoms with van der Waals surface area (Å²) >= 11 is 0. The van der Waals surface area contributed by atoms with Gasteiger partial charge >= 0.3 is 11.9 Å². The summed E-state index contributed by atoms with van der Waals surface area (Å²) in [6, 6.07) is -8.10. The van der Waals surface area contributed by atoms with Crippen molar-refractivity contribution in [2.24, 2.45) is 0 Å². The van der Waals surface area contributed by atoms with Crippen molar-refractivity contribution in [3.63, 3.8) is 0 Å². The first kappa shape index (κ1) is 121. The fourth-order valence-corrected chi connectivity index (χ4v) is 18.8. The Morgan fingerprint density at radius 3 is 0.870 bits per heavy atom. The maximum atomic E-state index is 13.3. The molecule has 0 aromatic carbocycles. The van der Waals surface area contributed by atoms with Crippen LogP contribution in [0.5, 0.6) is 0 Å². The zero-order chi connectivity index (χ0) is 108. The molecule has 11 saturated heterocycles. The number of aliphatic hydroxyl groups excluding tert-OH is 33. The smallest absolute Gasteiger partial charge is 0.364 e. The third-order valence-electron chi connectivity index (χ3n) is 26.5. The number of carboxylic acid groups (broad SMARTS) is 2. The molecular formula is C80H132N4O62. The quantitative estimate of drug-likeness (QED) is 0.0270. The second-order valence-electron chi connectivity index (χ2n) is 36.6. The predicted octanol–water partition coefficient (Wildman–Crippen LogP) is -26.0. The second kappa shape index (κ2) is 51.8. The lowest BCUT2D eigenvalue weighted by molar-refractivity contribution is -0.402. The van der Waals surface area contributed by atoms with Crippen LogP contribution in [0.1, 0.15) is 40.5 Å². The van der Waals surface area contributed by atoms with Crippen LogP contribution < -0.4 is 21.3 Å². The Balaban J connectivity index is 0.907. The summed E-state index contributed by atoms with van der Waals surface area (Å²) in [4.78, 5) is 78.3. The molecule has 11 heterocycles.